The molecule has 2 N–H and O–H groups in total. The number of aryl methyl sites for hydroxylation is 1. The molecule has 1 aliphatic heterocycles. The lowest BCUT2D eigenvalue weighted by atomic mass is 9.78. The molecule has 35 heavy (non-hydrogen) atoms. The number of aromatic amines is 1. The van der Waals surface area contributed by atoms with Crippen molar-refractivity contribution in [3.05, 3.63) is 83.1 Å². The number of aromatic nitrogens is 9. The standard InChI is InChI=1S/C24H28N10O/c1-4-6-20-14-32(22-29-26-16-34(22)17(2)3)23(35)33(20)15-24(9-11-25-12-10-24)19-8-5-7-18(13-19)21-27-30-31-28-21/h5,7-14,16-17,25H,4,6,15H2,1-3H3,(H,27,28,30,31). The molecule has 0 saturated carbocycles. The number of dihydropyridines is 1. The van der Waals surface area contributed by atoms with Gasteiger partial charge in [-0.15, -0.1) is 20.4 Å². The smallest absolute Gasteiger partial charge is 0.335 e. The zero-order valence-electron chi connectivity index (χ0n) is 20.0. The molecule has 11 nitrogen and oxygen atoms in total. The van der Waals surface area contributed by atoms with E-state index in [4.69, 9.17) is 0 Å². The van der Waals surface area contributed by atoms with Gasteiger partial charge in [0.25, 0.3) is 0 Å². The summed E-state index contributed by atoms with van der Waals surface area (Å²) in [6, 6.07) is 8.14. The highest BCUT2D eigenvalue weighted by Gasteiger charge is 2.32. The number of tetrazole rings is 1. The second kappa shape index (κ2) is 9.16. The van der Waals surface area contributed by atoms with Crippen LogP contribution in [0.15, 0.2) is 66.1 Å². The summed E-state index contributed by atoms with van der Waals surface area (Å²) in [6.07, 6.45) is 13.2. The largest absolute Gasteiger partial charge is 0.368 e. The number of benzene rings is 1. The van der Waals surface area contributed by atoms with E-state index in [1.807, 2.05) is 59.8 Å². The van der Waals surface area contributed by atoms with Gasteiger partial charge in [0.15, 0.2) is 0 Å². The molecule has 4 aromatic rings. The Kier molecular flexibility index (Phi) is 5.89. The minimum atomic E-state index is -0.560. The van der Waals surface area contributed by atoms with Crippen LogP contribution in [0.2, 0.25) is 0 Å². The van der Waals surface area contributed by atoms with E-state index in [0.29, 0.717) is 18.3 Å². The number of rotatable bonds is 8. The van der Waals surface area contributed by atoms with Crippen molar-refractivity contribution >= 4 is 0 Å². The van der Waals surface area contributed by atoms with Gasteiger partial charge in [0, 0.05) is 30.0 Å². The minimum Gasteiger partial charge on any atom is -0.368 e. The first-order chi connectivity index (χ1) is 17.0. The van der Waals surface area contributed by atoms with E-state index in [-0.39, 0.29) is 11.7 Å². The van der Waals surface area contributed by atoms with Crippen molar-refractivity contribution in [3.63, 3.8) is 0 Å². The van der Waals surface area contributed by atoms with Crippen LogP contribution in [0.1, 0.15) is 44.5 Å². The van der Waals surface area contributed by atoms with Gasteiger partial charge in [-0.2, -0.15) is 5.21 Å². The summed E-state index contributed by atoms with van der Waals surface area (Å²) in [5, 5.41) is 25.8. The molecular weight excluding hydrogens is 444 g/mol. The molecule has 1 aromatic carbocycles. The lowest BCUT2D eigenvalue weighted by Crippen LogP contribution is -2.36. The van der Waals surface area contributed by atoms with E-state index in [1.54, 1.807) is 10.9 Å². The van der Waals surface area contributed by atoms with Gasteiger partial charge in [0.1, 0.15) is 6.33 Å². The van der Waals surface area contributed by atoms with E-state index < -0.39 is 5.41 Å². The fraction of sp³-hybridized carbons (Fsp3) is 0.333. The molecule has 3 aromatic heterocycles. The number of hydrogen-bond acceptors (Lipinski definition) is 7. The van der Waals surface area contributed by atoms with Crippen molar-refractivity contribution in [1.29, 1.82) is 0 Å². The molecule has 11 heteroatoms. The van der Waals surface area contributed by atoms with Gasteiger partial charge in [0.2, 0.25) is 11.8 Å². The van der Waals surface area contributed by atoms with Crippen molar-refractivity contribution in [2.24, 2.45) is 0 Å². The molecule has 0 unspecified atom stereocenters. The van der Waals surface area contributed by atoms with Gasteiger partial charge in [-0.05, 0) is 49.5 Å². The lowest BCUT2D eigenvalue weighted by Gasteiger charge is -2.31. The van der Waals surface area contributed by atoms with Crippen molar-refractivity contribution in [2.75, 3.05) is 0 Å². The SMILES string of the molecule is CCCc1cn(-c2nncn2C(C)C)c(=O)n1CC1(c2cccc(-c3nn[nH]n3)c2)C=CNC=C1. The number of allylic oxidation sites excluding steroid dienone is 2. The first-order valence-corrected chi connectivity index (χ1v) is 11.7. The molecule has 4 heterocycles. The van der Waals surface area contributed by atoms with Gasteiger partial charge in [0.05, 0.1) is 5.41 Å². The monoisotopic (exact) mass is 472 g/mol. The highest BCUT2D eigenvalue weighted by Crippen LogP contribution is 2.33. The van der Waals surface area contributed by atoms with Crippen LogP contribution in [0, 0.1) is 0 Å². The van der Waals surface area contributed by atoms with E-state index in [0.717, 1.165) is 29.7 Å². The van der Waals surface area contributed by atoms with Crippen molar-refractivity contribution in [1.82, 2.24) is 49.8 Å². The Labute approximate surface area is 202 Å². The Morgan fingerprint density at radius 3 is 2.69 bits per heavy atom. The number of H-pyrrole nitrogens is 1. The van der Waals surface area contributed by atoms with Gasteiger partial charge < -0.3 is 5.32 Å². The van der Waals surface area contributed by atoms with Crippen LogP contribution in [0.3, 0.4) is 0 Å². The van der Waals surface area contributed by atoms with Gasteiger partial charge in [-0.3, -0.25) is 9.13 Å². The van der Waals surface area contributed by atoms with Crippen molar-refractivity contribution in [3.8, 4) is 17.3 Å². The summed E-state index contributed by atoms with van der Waals surface area (Å²) < 4.78 is 5.36. The molecule has 0 aliphatic carbocycles. The van der Waals surface area contributed by atoms with Crippen LogP contribution < -0.4 is 11.0 Å². The van der Waals surface area contributed by atoms with Gasteiger partial charge in [-0.1, -0.05) is 43.7 Å². The van der Waals surface area contributed by atoms with E-state index in [9.17, 15) is 4.79 Å². The third kappa shape index (κ3) is 4.09. The molecule has 1 aliphatic rings. The molecule has 5 rings (SSSR count). The van der Waals surface area contributed by atoms with Crippen molar-refractivity contribution < 1.29 is 0 Å². The molecule has 0 saturated heterocycles. The molecule has 0 spiro atoms. The maximum absolute atomic E-state index is 13.8. The zero-order valence-corrected chi connectivity index (χ0v) is 20.0. The quantitative estimate of drug-likeness (QED) is 0.404. The predicted molar refractivity (Wildman–Crippen MR) is 131 cm³/mol. The first-order valence-electron chi connectivity index (χ1n) is 11.7. The maximum atomic E-state index is 13.8. The maximum Gasteiger partial charge on any atom is 0.335 e. The molecule has 180 valence electrons. The fourth-order valence-corrected chi connectivity index (χ4v) is 4.46. The number of nitrogens with one attached hydrogen (secondary N) is 2. The molecular formula is C24H28N10O. The van der Waals surface area contributed by atoms with E-state index >= 15 is 0 Å². The Balaban J connectivity index is 1.62. The highest BCUT2D eigenvalue weighted by molar-refractivity contribution is 5.57. The Bertz CT molecular complexity index is 1410. The molecule has 0 radical (unpaired) electrons. The molecule has 0 atom stereocenters. The summed E-state index contributed by atoms with van der Waals surface area (Å²) in [6.45, 7) is 6.61. The number of nitrogens with zero attached hydrogens (tertiary/aromatic N) is 8. The van der Waals surface area contributed by atoms with Crippen molar-refractivity contribution in [2.45, 2.75) is 51.6 Å². The van der Waals surface area contributed by atoms with E-state index in [1.165, 1.54) is 0 Å². The van der Waals surface area contributed by atoms with Crippen LogP contribution >= 0.6 is 0 Å². The Hall–Kier alpha value is -4.28. The lowest BCUT2D eigenvalue weighted by molar-refractivity contribution is 0.495. The average Bonchev–Trinajstić information content (AvgIpc) is 3.63. The number of imidazole rings is 1. The number of hydrogen-bond donors (Lipinski definition) is 2. The Morgan fingerprint density at radius 1 is 1.14 bits per heavy atom. The molecule has 0 amide bonds. The first kappa shape index (κ1) is 22.5. The molecule has 0 bridgehead atoms. The van der Waals surface area contributed by atoms with E-state index in [2.05, 4.69) is 61.3 Å². The average molecular weight is 473 g/mol. The van der Waals surface area contributed by atoms with Crippen LogP contribution in [-0.4, -0.2) is 44.5 Å². The Morgan fingerprint density at radius 2 is 1.97 bits per heavy atom. The highest BCUT2D eigenvalue weighted by atomic mass is 16.2. The summed E-state index contributed by atoms with van der Waals surface area (Å²) in [5.74, 6) is 1.04. The van der Waals surface area contributed by atoms with Crippen LogP contribution in [-0.2, 0) is 18.4 Å². The predicted octanol–water partition coefficient (Wildman–Crippen LogP) is 2.51. The van der Waals surface area contributed by atoms with Gasteiger partial charge >= 0.3 is 5.69 Å². The minimum absolute atomic E-state index is 0.124. The second-order valence-electron chi connectivity index (χ2n) is 8.93. The fourth-order valence-electron chi connectivity index (χ4n) is 4.46. The topological polar surface area (TPSA) is 124 Å². The van der Waals surface area contributed by atoms with Gasteiger partial charge in [-0.25, -0.2) is 9.36 Å². The zero-order chi connectivity index (χ0) is 24.4. The summed E-state index contributed by atoms with van der Waals surface area (Å²) in [7, 11) is 0. The normalized spacial score (nSPS) is 14.5. The van der Waals surface area contributed by atoms with Crippen LogP contribution in [0.5, 0.6) is 0 Å². The van der Waals surface area contributed by atoms with Crippen LogP contribution in [0.25, 0.3) is 17.3 Å². The second-order valence-corrected chi connectivity index (χ2v) is 8.93. The third-order valence-corrected chi connectivity index (χ3v) is 6.27. The summed E-state index contributed by atoms with van der Waals surface area (Å²) >= 11 is 0. The summed E-state index contributed by atoms with van der Waals surface area (Å²) in [5.41, 5.74) is 2.11. The summed E-state index contributed by atoms with van der Waals surface area (Å²) in [4.78, 5) is 13.8. The van der Waals surface area contributed by atoms with Crippen LogP contribution in [0.4, 0.5) is 0 Å². The third-order valence-electron chi connectivity index (χ3n) is 6.27. The molecule has 0 fully saturated rings.